The largest absolute Gasteiger partial charge is 0.479 e. The second kappa shape index (κ2) is 7.05. The van der Waals surface area contributed by atoms with Crippen molar-refractivity contribution in [2.24, 2.45) is 0 Å². The molecule has 6 nitrogen and oxygen atoms in total. The number of nitrogens with zero attached hydrogens (tertiary/aromatic N) is 1. The van der Waals surface area contributed by atoms with Crippen molar-refractivity contribution in [3.05, 3.63) is 58.9 Å². The van der Waals surface area contributed by atoms with Gasteiger partial charge in [-0.3, -0.25) is 9.59 Å². The van der Waals surface area contributed by atoms with Crippen LogP contribution in [0.15, 0.2) is 42.5 Å². The Morgan fingerprint density at radius 1 is 1.25 bits per heavy atom. The van der Waals surface area contributed by atoms with Gasteiger partial charge in [-0.1, -0.05) is 0 Å². The standard InChI is InChI=1S/C20H16FN3O3S/c1-10-17(28-20(22-10)12-3-5-13(21)6-4-12)19(26)23-14-7-8-16-15(9-14)24-18(25)11(2)27-16/h3-9,11H,1-2H3,(H,23,26)(H,24,25)/t11-/m1/s1. The summed E-state index contributed by atoms with van der Waals surface area (Å²) in [6.45, 7) is 3.42. The molecule has 2 heterocycles. The first kappa shape index (κ1) is 18.1. The third kappa shape index (κ3) is 3.46. The molecule has 0 aliphatic carbocycles. The molecular formula is C20H16FN3O3S. The molecule has 1 aliphatic heterocycles. The summed E-state index contributed by atoms with van der Waals surface area (Å²) in [5.74, 6) is -0.316. The van der Waals surface area contributed by atoms with Gasteiger partial charge in [-0.25, -0.2) is 9.37 Å². The highest BCUT2D eigenvalue weighted by molar-refractivity contribution is 7.17. The van der Waals surface area contributed by atoms with Gasteiger partial charge >= 0.3 is 0 Å². The van der Waals surface area contributed by atoms with Gasteiger partial charge in [0.1, 0.15) is 21.5 Å². The van der Waals surface area contributed by atoms with Crippen molar-refractivity contribution in [2.45, 2.75) is 20.0 Å². The van der Waals surface area contributed by atoms with Gasteiger partial charge in [-0.05, 0) is 56.3 Å². The molecule has 0 spiro atoms. The number of ether oxygens (including phenoxy) is 1. The number of aryl methyl sites for hydroxylation is 1. The molecule has 1 aliphatic rings. The van der Waals surface area contributed by atoms with Crippen LogP contribution in [0.25, 0.3) is 10.6 Å². The Balaban J connectivity index is 1.55. The number of aromatic nitrogens is 1. The number of thiazole rings is 1. The molecule has 0 saturated carbocycles. The Morgan fingerprint density at radius 3 is 2.75 bits per heavy atom. The first-order valence-corrected chi connectivity index (χ1v) is 9.38. The van der Waals surface area contributed by atoms with E-state index in [0.717, 1.165) is 5.56 Å². The summed E-state index contributed by atoms with van der Waals surface area (Å²) in [4.78, 5) is 29.3. The SMILES string of the molecule is Cc1nc(-c2ccc(F)cc2)sc1C(=O)Nc1ccc2c(c1)NC(=O)[C@@H](C)O2. The van der Waals surface area contributed by atoms with E-state index in [1.807, 2.05) is 0 Å². The molecule has 28 heavy (non-hydrogen) atoms. The third-order valence-electron chi connectivity index (χ3n) is 4.26. The number of carbonyl (C=O) groups is 2. The smallest absolute Gasteiger partial charge is 0.267 e. The van der Waals surface area contributed by atoms with Gasteiger partial charge in [-0.2, -0.15) is 0 Å². The molecule has 142 valence electrons. The predicted molar refractivity (Wildman–Crippen MR) is 105 cm³/mol. The van der Waals surface area contributed by atoms with E-state index < -0.39 is 6.10 Å². The van der Waals surface area contributed by atoms with Crippen molar-refractivity contribution in [1.82, 2.24) is 4.98 Å². The summed E-state index contributed by atoms with van der Waals surface area (Å²) in [7, 11) is 0. The number of nitrogens with one attached hydrogen (secondary N) is 2. The van der Waals surface area contributed by atoms with Crippen LogP contribution in [0, 0.1) is 12.7 Å². The zero-order valence-electron chi connectivity index (χ0n) is 15.1. The number of carbonyl (C=O) groups excluding carboxylic acids is 2. The summed E-state index contributed by atoms with van der Waals surface area (Å²) in [6, 6.07) is 11.0. The van der Waals surface area contributed by atoms with Crippen LogP contribution >= 0.6 is 11.3 Å². The number of hydrogen-bond donors (Lipinski definition) is 2. The van der Waals surface area contributed by atoms with Gasteiger partial charge in [0.05, 0.1) is 11.4 Å². The van der Waals surface area contributed by atoms with E-state index in [2.05, 4.69) is 15.6 Å². The zero-order valence-corrected chi connectivity index (χ0v) is 15.9. The Morgan fingerprint density at radius 2 is 2.00 bits per heavy atom. The van der Waals surface area contributed by atoms with Crippen molar-refractivity contribution in [3.63, 3.8) is 0 Å². The quantitative estimate of drug-likeness (QED) is 0.693. The Labute approximate surface area is 164 Å². The maximum absolute atomic E-state index is 13.1. The number of hydrogen-bond acceptors (Lipinski definition) is 5. The molecule has 0 radical (unpaired) electrons. The normalized spacial score (nSPS) is 15.4. The van der Waals surface area contributed by atoms with Crippen molar-refractivity contribution < 1.29 is 18.7 Å². The predicted octanol–water partition coefficient (Wildman–Crippen LogP) is 4.23. The fourth-order valence-electron chi connectivity index (χ4n) is 2.80. The molecule has 4 rings (SSSR count). The molecular weight excluding hydrogens is 381 g/mol. The molecule has 2 N–H and O–H groups in total. The van der Waals surface area contributed by atoms with Crippen LogP contribution in [0.3, 0.4) is 0 Å². The number of anilines is 2. The monoisotopic (exact) mass is 397 g/mol. The second-order valence-electron chi connectivity index (χ2n) is 6.35. The van der Waals surface area contributed by atoms with E-state index in [4.69, 9.17) is 4.74 Å². The number of benzene rings is 2. The van der Waals surface area contributed by atoms with Crippen LogP contribution in [0.5, 0.6) is 5.75 Å². The van der Waals surface area contributed by atoms with Gasteiger partial charge in [0.25, 0.3) is 11.8 Å². The zero-order chi connectivity index (χ0) is 19.8. The number of fused-ring (bicyclic) bond motifs is 1. The summed E-state index contributed by atoms with van der Waals surface area (Å²) < 4.78 is 18.6. The van der Waals surface area contributed by atoms with Gasteiger partial charge in [0.2, 0.25) is 0 Å². The maximum atomic E-state index is 13.1. The lowest BCUT2D eigenvalue weighted by atomic mass is 10.2. The minimum Gasteiger partial charge on any atom is -0.479 e. The summed E-state index contributed by atoms with van der Waals surface area (Å²) in [6.07, 6.45) is -0.558. The minimum atomic E-state index is -0.558. The van der Waals surface area contributed by atoms with Gasteiger partial charge in [0, 0.05) is 11.3 Å². The molecule has 3 aromatic rings. The van der Waals surface area contributed by atoms with Crippen LogP contribution in [-0.4, -0.2) is 22.9 Å². The summed E-state index contributed by atoms with van der Waals surface area (Å²) in [5.41, 5.74) is 2.37. The molecule has 2 aromatic carbocycles. The molecule has 1 atom stereocenters. The highest BCUT2D eigenvalue weighted by Gasteiger charge is 2.24. The van der Waals surface area contributed by atoms with Crippen molar-refractivity contribution in [2.75, 3.05) is 10.6 Å². The van der Waals surface area contributed by atoms with Gasteiger partial charge < -0.3 is 15.4 Å². The summed E-state index contributed by atoms with van der Waals surface area (Å²) >= 11 is 1.24. The van der Waals surface area contributed by atoms with E-state index >= 15 is 0 Å². The topological polar surface area (TPSA) is 80.3 Å². The molecule has 0 bridgehead atoms. The van der Waals surface area contributed by atoms with E-state index in [1.165, 1.54) is 23.5 Å². The molecule has 0 unspecified atom stereocenters. The number of halogens is 1. The number of rotatable bonds is 3. The molecule has 0 saturated heterocycles. The Hall–Kier alpha value is -3.26. The van der Waals surface area contributed by atoms with E-state index in [-0.39, 0.29) is 17.6 Å². The molecule has 2 amide bonds. The van der Waals surface area contributed by atoms with Crippen LogP contribution < -0.4 is 15.4 Å². The average molecular weight is 397 g/mol. The lowest BCUT2D eigenvalue weighted by Crippen LogP contribution is -2.34. The average Bonchev–Trinajstić information content (AvgIpc) is 3.05. The lowest BCUT2D eigenvalue weighted by molar-refractivity contribution is -0.122. The highest BCUT2D eigenvalue weighted by atomic mass is 32.1. The summed E-state index contributed by atoms with van der Waals surface area (Å²) in [5, 5.41) is 6.20. The van der Waals surface area contributed by atoms with E-state index in [9.17, 15) is 14.0 Å². The van der Waals surface area contributed by atoms with Crippen molar-refractivity contribution >= 4 is 34.5 Å². The van der Waals surface area contributed by atoms with Crippen LogP contribution in [-0.2, 0) is 4.79 Å². The minimum absolute atomic E-state index is 0.238. The Bertz CT molecular complexity index is 1080. The second-order valence-corrected chi connectivity index (χ2v) is 7.35. The third-order valence-corrected chi connectivity index (χ3v) is 5.47. The Kier molecular flexibility index (Phi) is 4.56. The fraction of sp³-hybridized carbons (Fsp3) is 0.150. The molecule has 1 aromatic heterocycles. The van der Waals surface area contributed by atoms with Crippen LogP contribution in [0.1, 0.15) is 22.3 Å². The lowest BCUT2D eigenvalue weighted by Gasteiger charge is -2.23. The maximum Gasteiger partial charge on any atom is 0.267 e. The number of amides is 2. The van der Waals surface area contributed by atoms with E-state index in [1.54, 1.807) is 44.2 Å². The van der Waals surface area contributed by atoms with Gasteiger partial charge in [-0.15, -0.1) is 11.3 Å². The fourth-order valence-corrected chi connectivity index (χ4v) is 3.76. The van der Waals surface area contributed by atoms with Crippen molar-refractivity contribution in [3.8, 4) is 16.3 Å². The molecule has 0 fully saturated rings. The van der Waals surface area contributed by atoms with Crippen LogP contribution in [0.2, 0.25) is 0 Å². The highest BCUT2D eigenvalue weighted by Crippen LogP contribution is 2.33. The molecule has 8 heteroatoms. The van der Waals surface area contributed by atoms with Crippen LogP contribution in [0.4, 0.5) is 15.8 Å². The van der Waals surface area contributed by atoms with E-state index in [0.29, 0.717) is 32.7 Å². The first-order chi connectivity index (χ1) is 13.4. The first-order valence-electron chi connectivity index (χ1n) is 8.57. The van der Waals surface area contributed by atoms with Gasteiger partial charge in [0.15, 0.2) is 6.10 Å². The van der Waals surface area contributed by atoms with Crippen molar-refractivity contribution in [1.29, 1.82) is 0 Å².